The van der Waals surface area contributed by atoms with Gasteiger partial charge >= 0.3 is 0 Å². The van der Waals surface area contributed by atoms with Crippen LogP contribution < -0.4 is 4.90 Å². The van der Waals surface area contributed by atoms with Gasteiger partial charge in [-0.25, -0.2) is 9.37 Å². The predicted molar refractivity (Wildman–Crippen MR) is 114 cm³/mol. The summed E-state index contributed by atoms with van der Waals surface area (Å²) >= 11 is 1.40. The molecule has 0 unspecified atom stereocenters. The van der Waals surface area contributed by atoms with E-state index in [2.05, 4.69) is 9.88 Å². The van der Waals surface area contributed by atoms with Crippen LogP contribution in [0.4, 0.5) is 9.52 Å². The lowest BCUT2D eigenvalue weighted by atomic mass is 10.1. The summed E-state index contributed by atoms with van der Waals surface area (Å²) in [6, 6.07) is 14.2. The second-order valence-electron chi connectivity index (χ2n) is 6.97. The zero-order chi connectivity index (χ0) is 20.1. The largest absolute Gasteiger partial charge is 0.309 e. The number of benzene rings is 2. The summed E-state index contributed by atoms with van der Waals surface area (Å²) in [4.78, 5) is 21.4. The van der Waals surface area contributed by atoms with Crippen LogP contribution in [0.1, 0.15) is 22.3 Å². The molecule has 3 aromatic rings. The van der Waals surface area contributed by atoms with Gasteiger partial charge in [0.1, 0.15) is 5.82 Å². The van der Waals surface area contributed by atoms with E-state index in [1.54, 1.807) is 17.0 Å². The fourth-order valence-corrected chi connectivity index (χ4v) is 3.71. The normalized spacial score (nSPS) is 11.0. The van der Waals surface area contributed by atoms with Crippen LogP contribution in [0, 0.1) is 12.7 Å². The first-order chi connectivity index (χ1) is 13.5. The third-order valence-electron chi connectivity index (χ3n) is 4.41. The average Bonchev–Trinajstić information content (AvgIpc) is 3.15. The minimum Gasteiger partial charge on any atom is -0.309 e. The van der Waals surface area contributed by atoms with Gasteiger partial charge in [0.15, 0.2) is 5.13 Å². The van der Waals surface area contributed by atoms with E-state index in [-0.39, 0.29) is 11.5 Å². The number of halogens is 1. The molecule has 4 nitrogen and oxygen atoms in total. The van der Waals surface area contributed by atoms with Gasteiger partial charge in [0, 0.05) is 17.5 Å². The van der Waals surface area contributed by atoms with Gasteiger partial charge in [0.2, 0.25) is 0 Å². The number of hydrogen-bond acceptors (Lipinski definition) is 4. The maximum atomic E-state index is 14.2. The molecule has 28 heavy (non-hydrogen) atoms. The number of carbonyl (C=O) groups is 1. The summed E-state index contributed by atoms with van der Waals surface area (Å²) < 4.78 is 14.2. The standard InChI is InChI=1S/C22H24FN3OS/c1-16-9-11-17(12-10-16)20-15-28-22(24-20)26(14-6-13-25(2)3)21(27)18-7-4-5-8-19(18)23/h4-5,7-12,15H,6,13-14H2,1-3H3. The Morgan fingerprint density at radius 2 is 1.79 bits per heavy atom. The Balaban J connectivity index is 1.89. The lowest BCUT2D eigenvalue weighted by molar-refractivity contribution is 0.0982. The molecule has 0 N–H and O–H groups in total. The molecule has 146 valence electrons. The molecule has 0 atom stereocenters. The minimum atomic E-state index is -0.513. The molecule has 1 amide bonds. The van der Waals surface area contributed by atoms with Crippen molar-refractivity contribution in [3.8, 4) is 11.3 Å². The number of aryl methyl sites for hydroxylation is 1. The van der Waals surface area contributed by atoms with Gasteiger partial charge in [-0.2, -0.15) is 0 Å². The van der Waals surface area contributed by atoms with Crippen LogP contribution in [0.15, 0.2) is 53.9 Å². The van der Waals surface area contributed by atoms with E-state index in [0.29, 0.717) is 11.7 Å². The number of rotatable bonds is 7. The molecule has 0 saturated carbocycles. The van der Waals surface area contributed by atoms with Gasteiger partial charge in [-0.05, 0) is 46.1 Å². The Morgan fingerprint density at radius 1 is 1.07 bits per heavy atom. The van der Waals surface area contributed by atoms with Crippen molar-refractivity contribution < 1.29 is 9.18 Å². The lowest BCUT2D eigenvalue weighted by Crippen LogP contribution is -2.34. The van der Waals surface area contributed by atoms with Crippen LogP contribution in [-0.2, 0) is 0 Å². The van der Waals surface area contributed by atoms with Gasteiger partial charge in [-0.15, -0.1) is 11.3 Å². The van der Waals surface area contributed by atoms with Gasteiger partial charge < -0.3 is 4.90 Å². The zero-order valence-electron chi connectivity index (χ0n) is 16.4. The number of amides is 1. The molecule has 0 bridgehead atoms. The summed E-state index contributed by atoms with van der Waals surface area (Å²) in [5.41, 5.74) is 3.07. The summed E-state index contributed by atoms with van der Waals surface area (Å²) in [5.74, 6) is -0.873. The first-order valence-electron chi connectivity index (χ1n) is 9.19. The van der Waals surface area contributed by atoms with Crippen molar-refractivity contribution in [2.45, 2.75) is 13.3 Å². The highest BCUT2D eigenvalue weighted by Gasteiger charge is 2.23. The summed E-state index contributed by atoms with van der Waals surface area (Å²) in [6.07, 6.45) is 0.770. The second kappa shape index (κ2) is 9.08. The first kappa shape index (κ1) is 20.2. The minimum absolute atomic E-state index is 0.0689. The van der Waals surface area contributed by atoms with Crippen molar-refractivity contribution in [3.63, 3.8) is 0 Å². The molecular formula is C22H24FN3OS. The lowest BCUT2D eigenvalue weighted by Gasteiger charge is -2.21. The van der Waals surface area contributed by atoms with E-state index in [0.717, 1.165) is 24.2 Å². The Labute approximate surface area is 169 Å². The Morgan fingerprint density at radius 3 is 2.46 bits per heavy atom. The SMILES string of the molecule is Cc1ccc(-c2csc(N(CCCN(C)C)C(=O)c3ccccc3F)n2)cc1. The first-order valence-corrected chi connectivity index (χ1v) is 10.1. The second-order valence-corrected chi connectivity index (χ2v) is 7.81. The topological polar surface area (TPSA) is 36.4 Å². The molecule has 0 saturated heterocycles. The van der Waals surface area contributed by atoms with Gasteiger partial charge in [0.05, 0.1) is 11.3 Å². The van der Waals surface area contributed by atoms with Crippen LogP contribution in [0.2, 0.25) is 0 Å². The van der Waals surface area contributed by atoms with Crippen molar-refractivity contribution in [2.75, 3.05) is 32.1 Å². The summed E-state index contributed by atoms with van der Waals surface area (Å²) in [5, 5.41) is 2.52. The van der Waals surface area contributed by atoms with Crippen LogP contribution in [0.3, 0.4) is 0 Å². The molecule has 0 aliphatic rings. The van der Waals surface area contributed by atoms with Crippen LogP contribution in [0.25, 0.3) is 11.3 Å². The van der Waals surface area contributed by atoms with Gasteiger partial charge in [-0.3, -0.25) is 9.69 Å². The fourth-order valence-electron chi connectivity index (χ4n) is 2.85. The number of thiazole rings is 1. The van der Waals surface area contributed by atoms with E-state index >= 15 is 0 Å². The quantitative estimate of drug-likeness (QED) is 0.571. The van der Waals surface area contributed by atoms with E-state index < -0.39 is 5.82 Å². The van der Waals surface area contributed by atoms with Crippen LogP contribution in [0.5, 0.6) is 0 Å². The number of nitrogens with zero attached hydrogens (tertiary/aromatic N) is 3. The predicted octanol–water partition coefficient (Wildman–Crippen LogP) is 4.86. The Bertz CT molecular complexity index is 937. The van der Waals surface area contributed by atoms with Crippen molar-refractivity contribution in [1.82, 2.24) is 9.88 Å². The number of carbonyl (C=O) groups excluding carboxylic acids is 1. The molecule has 2 aromatic carbocycles. The van der Waals surface area contributed by atoms with Gasteiger partial charge in [-0.1, -0.05) is 42.0 Å². The van der Waals surface area contributed by atoms with Crippen molar-refractivity contribution in [1.29, 1.82) is 0 Å². The third-order valence-corrected chi connectivity index (χ3v) is 5.27. The molecule has 1 heterocycles. The smallest absolute Gasteiger partial charge is 0.263 e. The highest BCUT2D eigenvalue weighted by atomic mass is 32.1. The molecule has 3 rings (SSSR count). The molecule has 6 heteroatoms. The molecule has 1 aromatic heterocycles. The molecule has 0 aliphatic carbocycles. The molecule has 0 aliphatic heterocycles. The average molecular weight is 398 g/mol. The van der Waals surface area contributed by atoms with Crippen molar-refractivity contribution in [3.05, 3.63) is 70.9 Å². The fraction of sp³-hybridized carbons (Fsp3) is 0.273. The van der Waals surface area contributed by atoms with E-state index in [1.807, 2.05) is 50.7 Å². The number of anilines is 1. The van der Waals surface area contributed by atoms with Gasteiger partial charge in [0.25, 0.3) is 5.91 Å². The molecule has 0 radical (unpaired) electrons. The van der Waals surface area contributed by atoms with E-state index in [9.17, 15) is 9.18 Å². The number of hydrogen-bond donors (Lipinski definition) is 0. The van der Waals surface area contributed by atoms with E-state index in [1.165, 1.54) is 29.0 Å². The van der Waals surface area contributed by atoms with Crippen LogP contribution in [-0.4, -0.2) is 43.0 Å². The summed E-state index contributed by atoms with van der Waals surface area (Å²) in [7, 11) is 3.98. The summed E-state index contributed by atoms with van der Waals surface area (Å²) in [6.45, 7) is 3.35. The van der Waals surface area contributed by atoms with Crippen molar-refractivity contribution >= 4 is 22.4 Å². The van der Waals surface area contributed by atoms with Crippen LogP contribution >= 0.6 is 11.3 Å². The molecule has 0 fully saturated rings. The van der Waals surface area contributed by atoms with Crippen molar-refractivity contribution in [2.24, 2.45) is 0 Å². The third kappa shape index (κ3) is 4.82. The number of aromatic nitrogens is 1. The Hall–Kier alpha value is -2.57. The zero-order valence-corrected chi connectivity index (χ0v) is 17.2. The van der Waals surface area contributed by atoms with E-state index in [4.69, 9.17) is 0 Å². The molecule has 0 spiro atoms. The maximum absolute atomic E-state index is 14.2. The highest BCUT2D eigenvalue weighted by Crippen LogP contribution is 2.29. The monoisotopic (exact) mass is 397 g/mol. The maximum Gasteiger partial charge on any atom is 0.263 e. The molecular weight excluding hydrogens is 373 g/mol. The Kier molecular flexibility index (Phi) is 6.54. The highest BCUT2D eigenvalue weighted by molar-refractivity contribution is 7.14.